The lowest BCUT2D eigenvalue weighted by Gasteiger charge is -2.04. The highest BCUT2D eigenvalue weighted by Gasteiger charge is 2.13. The van der Waals surface area contributed by atoms with Gasteiger partial charge in [-0.05, 0) is 29.0 Å². The first-order valence-electron chi connectivity index (χ1n) is 5.11. The Bertz CT molecular complexity index is 576. The molecule has 0 aliphatic rings. The Kier molecular flexibility index (Phi) is 4.11. The lowest BCUT2D eigenvalue weighted by Crippen LogP contribution is -1.89. The SMILES string of the molecule is Nc1ccccc1SSc1ccccc1[N+](=O)[O-]. The summed E-state index contributed by atoms with van der Waals surface area (Å²) in [5.41, 5.74) is 6.60. The molecule has 18 heavy (non-hydrogen) atoms. The lowest BCUT2D eigenvalue weighted by molar-refractivity contribution is -0.387. The van der Waals surface area contributed by atoms with E-state index in [2.05, 4.69) is 0 Å². The maximum atomic E-state index is 10.9. The van der Waals surface area contributed by atoms with Gasteiger partial charge in [0.15, 0.2) is 0 Å². The number of nitro groups is 1. The summed E-state index contributed by atoms with van der Waals surface area (Å²) < 4.78 is 0. The van der Waals surface area contributed by atoms with Crippen LogP contribution in [0.5, 0.6) is 0 Å². The molecular weight excluding hydrogens is 268 g/mol. The summed E-state index contributed by atoms with van der Waals surface area (Å²) in [7, 11) is 2.76. The van der Waals surface area contributed by atoms with Gasteiger partial charge in [0.05, 0.1) is 9.82 Å². The van der Waals surface area contributed by atoms with E-state index in [1.54, 1.807) is 18.2 Å². The number of nitrogen functional groups attached to an aromatic ring is 1. The predicted octanol–water partition coefficient (Wildman–Crippen LogP) is 3.98. The number of nitrogens with zero attached hydrogens (tertiary/aromatic N) is 1. The zero-order valence-electron chi connectivity index (χ0n) is 9.28. The molecule has 0 aliphatic heterocycles. The fourth-order valence-corrected chi connectivity index (χ4v) is 3.58. The molecule has 0 radical (unpaired) electrons. The Hall–Kier alpha value is -1.66. The summed E-state index contributed by atoms with van der Waals surface area (Å²) in [6.07, 6.45) is 0. The topological polar surface area (TPSA) is 69.2 Å². The van der Waals surface area contributed by atoms with E-state index < -0.39 is 0 Å². The molecule has 0 saturated heterocycles. The van der Waals surface area contributed by atoms with Crippen LogP contribution in [0, 0.1) is 10.1 Å². The highest BCUT2D eigenvalue weighted by Crippen LogP contribution is 2.43. The molecule has 2 aromatic carbocycles. The molecule has 0 fully saturated rings. The van der Waals surface area contributed by atoms with Crippen molar-refractivity contribution in [3.8, 4) is 0 Å². The zero-order valence-corrected chi connectivity index (χ0v) is 10.9. The average Bonchev–Trinajstić information content (AvgIpc) is 2.38. The molecule has 0 bridgehead atoms. The Morgan fingerprint density at radius 1 is 0.944 bits per heavy atom. The first-order valence-corrected chi connectivity index (χ1v) is 7.26. The van der Waals surface area contributed by atoms with Gasteiger partial charge in [-0.3, -0.25) is 10.1 Å². The van der Waals surface area contributed by atoms with Crippen molar-refractivity contribution >= 4 is 33.0 Å². The molecule has 6 heteroatoms. The molecule has 0 spiro atoms. The second-order valence-electron chi connectivity index (χ2n) is 3.43. The number of hydrogen-bond donors (Lipinski definition) is 1. The number of rotatable bonds is 4. The van der Waals surface area contributed by atoms with Gasteiger partial charge >= 0.3 is 0 Å². The van der Waals surface area contributed by atoms with Crippen LogP contribution in [-0.2, 0) is 0 Å². The summed E-state index contributed by atoms with van der Waals surface area (Å²) in [6.45, 7) is 0. The van der Waals surface area contributed by atoms with Crippen LogP contribution in [-0.4, -0.2) is 4.92 Å². The molecule has 0 heterocycles. The third kappa shape index (κ3) is 2.96. The quantitative estimate of drug-likeness (QED) is 0.396. The normalized spacial score (nSPS) is 10.2. The van der Waals surface area contributed by atoms with Gasteiger partial charge in [-0.2, -0.15) is 0 Å². The molecule has 2 N–H and O–H groups in total. The maximum Gasteiger partial charge on any atom is 0.283 e. The first kappa shape index (κ1) is 12.8. The molecule has 2 aromatic rings. The van der Waals surface area contributed by atoms with Crippen molar-refractivity contribution in [1.82, 2.24) is 0 Å². The Labute approximate surface area is 112 Å². The van der Waals surface area contributed by atoms with Crippen molar-refractivity contribution in [2.75, 3.05) is 5.73 Å². The molecule has 0 aliphatic carbocycles. The predicted molar refractivity (Wildman–Crippen MR) is 75.7 cm³/mol. The molecule has 0 amide bonds. The van der Waals surface area contributed by atoms with Crippen LogP contribution in [0.25, 0.3) is 0 Å². The zero-order chi connectivity index (χ0) is 13.0. The number of hydrogen-bond acceptors (Lipinski definition) is 5. The largest absolute Gasteiger partial charge is 0.398 e. The second-order valence-corrected chi connectivity index (χ2v) is 5.64. The molecule has 0 unspecified atom stereocenters. The third-order valence-corrected chi connectivity index (χ3v) is 4.69. The van der Waals surface area contributed by atoms with Crippen LogP contribution >= 0.6 is 21.6 Å². The minimum absolute atomic E-state index is 0.115. The summed E-state index contributed by atoms with van der Waals surface area (Å²) in [6, 6.07) is 14.1. The van der Waals surface area contributed by atoms with E-state index in [0.29, 0.717) is 10.6 Å². The van der Waals surface area contributed by atoms with Gasteiger partial charge in [0, 0.05) is 16.6 Å². The van der Waals surface area contributed by atoms with Crippen LogP contribution < -0.4 is 5.73 Å². The summed E-state index contributed by atoms with van der Waals surface area (Å²) in [5.74, 6) is 0. The molecule has 2 rings (SSSR count). The van der Waals surface area contributed by atoms with E-state index in [4.69, 9.17) is 5.73 Å². The van der Waals surface area contributed by atoms with Crippen LogP contribution in [0.1, 0.15) is 0 Å². The minimum atomic E-state index is -0.378. The summed E-state index contributed by atoms with van der Waals surface area (Å²) >= 11 is 0. The second kappa shape index (κ2) is 5.79. The van der Waals surface area contributed by atoms with Crippen molar-refractivity contribution < 1.29 is 4.92 Å². The summed E-state index contributed by atoms with van der Waals surface area (Å²) in [5, 5.41) is 10.9. The van der Waals surface area contributed by atoms with Crippen LogP contribution in [0.15, 0.2) is 58.3 Å². The van der Waals surface area contributed by atoms with Crippen molar-refractivity contribution in [2.24, 2.45) is 0 Å². The van der Waals surface area contributed by atoms with Gasteiger partial charge in [-0.1, -0.05) is 35.1 Å². The van der Waals surface area contributed by atoms with E-state index in [1.165, 1.54) is 27.7 Å². The van der Waals surface area contributed by atoms with Gasteiger partial charge in [-0.25, -0.2) is 0 Å². The lowest BCUT2D eigenvalue weighted by atomic mass is 10.3. The van der Waals surface area contributed by atoms with E-state index in [-0.39, 0.29) is 10.6 Å². The molecule has 0 atom stereocenters. The summed E-state index contributed by atoms with van der Waals surface area (Å²) in [4.78, 5) is 12.0. The number of anilines is 1. The van der Waals surface area contributed by atoms with E-state index in [0.717, 1.165) is 4.90 Å². The van der Waals surface area contributed by atoms with Crippen molar-refractivity contribution in [3.05, 3.63) is 58.6 Å². The highest BCUT2D eigenvalue weighted by atomic mass is 33.1. The molecule has 0 aromatic heterocycles. The molecular formula is C12H10N2O2S2. The van der Waals surface area contributed by atoms with Crippen LogP contribution in [0.3, 0.4) is 0 Å². The van der Waals surface area contributed by atoms with E-state index in [1.807, 2.05) is 24.3 Å². The maximum absolute atomic E-state index is 10.9. The van der Waals surface area contributed by atoms with Gasteiger partial charge in [0.1, 0.15) is 0 Å². The van der Waals surface area contributed by atoms with Gasteiger partial charge < -0.3 is 5.73 Å². The Morgan fingerprint density at radius 2 is 1.50 bits per heavy atom. The number of nitro benzene ring substituents is 1. The highest BCUT2D eigenvalue weighted by molar-refractivity contribution is 8.76. The average molecular weight is 278 g/mol. The van der Waals surface area contributed by atoms with Crippen LogP contribution in [0.4, 0.5) is 11.4 Å². The van der Waals surface area contributed by atoms with Crippen LogP contribution in [0.2, 0.25) is 0 Å². The number of para-hydroxylation sites is 2. The third-order valence-electron chi connectivity index (χ3n) is 2.20. The smallest absolute Gasteiger partial charge is 0.283 e. The van der Waals surface area contributed by atoms with E-state index in [9.17, 15) is 10.1 Å². The van der Waals surface area contributed by atoms with Crippen molar-refractivity contribution in [3.63, 3.8) is 0 Å². The Morgan fingerprint density at radius 3 is 2.17 bits per heavy atom. The number of benzene rings is 2. The fraction of sp³-hybridized carbons (Fsp3) is 0. The van der Waals surface area contributed by atoms with Crippen molar-refractivity contribution in [2.45, 2.75) is 9.79 Å². The first-order chi connectivity index (χ1) is 8.68. The minimum Gasteiger partial charge on any atom is -0.398 e. The fourth-order valence-electron chi connectivity index (χ4n) is 1.32. The molecule has 4 nitrogen and oxygen atoms in total. The van der Waals surface area contributed by atoms with Gasteiger partial charge in [0.25, 0.3) is 5.69 Å². The Balaban J connectivity index is 2.16. The van der Waals surface area contributed by atoms with Crippen molar-refractivity contribution in [1.29, 1.82) is 0 Å². The molecule has 92 valence electrons. The monoisotopic (exact) mass is 278 g/mol. The number of nitrogens with two attached hydrogens (primary N) is 1. The van der Waals surface area contributed by atoms with Gasteiger partial charge in [-0.15, -0.1) is 0 Å². The standard InChI is InChI=1S/C12H10N2O2S2/c13-9-5-1-3-7-11(9)17-18-12-8-4-2-6-10(12)14(15)16/h1-8H,13H2. The van der Waals surface area contributed by atoms with E-state index >= 15 is 0 Å². The molecule has 0 saturated carbocycles. The van der Waals surface area contributed by atoms with Gasteiger partial charge in [0.2, 0.25) is 0 Å².